The van der Waals surface area contributed by atoms with Crippen LogP contribution in [0.1, 0.15) is 45.5 Å². The van der Waals surface area contributed by atoms with E-state index in [1.807, 2.05) is 48.5 Å². The second-order valence-corrected chi connectivity index (χ2v) is 12.7. The lowest BCUT2D eigenvalue weighted by atomic mass is 9.86. The van der Waals surface area contributed by atoms with Crippen LogP contribution < -0.4 is 23.7 Å². The molecule has 4 aromatic rings. The van der Waals surface area contributed by atoms with Gasteiger partial charge in [0.25, 0.3) is 0 Å². The third kappa shape index (κ3) is 5.28. The summed E-state index contributed by atoms with van der Waals surface area (Å²) in [6.07, 6.45) is 2.55. The van der Waals surface area contributed by atoms with Crippen LogP contribution in [-0.2, 0) is 25.7 Å². The van der Waals surface area contributed by atoms with Crippen molar-refractivity contribution in [3.63, 3.8) is 0 Å². The van der Waals surface area contributed by atoms with Crippen LogP contribution in [0.2, 0.25) is 0 Å². The van der Waals surface area contributed by atoms with Crippen LogP contribution in [0.5, 0.6) is 46.0 Å². The Balaban J connectivity index is 1.47. The van der Waals surface area contributed by atoms with E-state index in [9.17, 15) is 10.3 Å². The SMILES string of the molecule is COc1ccc2cc1Oc1ccc(cc1)C[C@H]1c3cc(c(OC)cc3CCN1C)Oc1c(O)c(OC)cc3c1[C@H](C2)[N+](C)([O-])CC3. The van der Waals surface area contributed by atoms with Gasteiger partial charge in [0.05, 0.1) is 40.5 Å². The summed E-state index contributed by atoms with van der Waals surface area (Å²) in [6.45, 7) is 1.28. The molecule has 1 unspecified atom stereocenters. The summed E-state index contributed by atoms with van der Waals surface area (Å²) in [5.41, 5.74) is 5.99. The summed E-state index contributed by atoms with van der Waals surface area (Å²) >= 11 is 0. The summed E-state index contributed by atoms with van der Waals surface area (Å²) < 4.78 is 29.7. The normalized spacial score (nSPS) is 22.0. The predicted molar refractivity (Wildman–Crippen MR) is 175 cm³/mol. The van der Waals surface area contributed by atoms with E-state index in [4.69, 9.17) is 23.7 Å². The molecule has 0 amide bonds. The fourth-order valence-electron chi connectivity index (χ4n) is 7.23. The molecule has 4 heterocycles. The van der Waals surface area contributed by atoms with Gasteiger partial charge in [-0.05, 0) is 90.2 Å². The molecule has 0 spiro atoms. The molecule has 4 aliphatic heterocycles. The third-order valence-corrected chi connectivity index (χ3v) is 9.88. The van der Waals surface area contributed by atoms with Crippen molar-refractivity contribution in [3.05, 3.63) is 99.3 Å². The summed E-state index contributed by atoms with van der Waals surface area (Å²) in [6, 6.07) is 19.3. The number of ether oxygens (including phenoxy) is 5. The molecule has 0 saturated heterocycles. The van der Waals surface area contributed by atoms with Gasteiger partial charge in [-0.3, -0.25) is 4.90 Å². The van der Waals surface area contributed by atoms with Crippen LogP contribution in [0, 0.1) is 5.21 Å². The largest absolute Gasteiger partial charge is 0.633 e. The fraction of sp³-hybridized carbons (Fsp3) is 0.351. The van der Waals surface area contributed by atoms with Crippen molar-refractivity contribution in [2.45, 2.75) is 37.8 Å². The van der Waals surface area contributed by atoms with Gasteiger partial charge in [-0.1, -0.05) is 18.2 Å². The standard InChI is InChI=1S/C37H40N2O7/c1-38-14-12-24-19-31(43-4)33-21-27(24)28(38)16-22-6-9-26(10-7-22)45-32-18-23(8-11-30(32)42-3)17-29-35-25(13-15-39(29,2)41)20-34(44-5)36(40)37(35)46-33/h6-11,18-21,28-29,40H,12-17H2,1-5H3/t28-,29-,39?/m0/s1. The summed E-state index contributed by atoms with van der Waals surface area (Å²) in [7, 11) is 8.59. The summed E-state index contributed by atoms with van der Waals surface area (Å²) in [5, 5.41) is 25.9. The van der Waals surface area contributed by atoms with Gasteiger partial charge in [0.1, 0.15) is 11.8 Å². The zero-order valence-corrected chi connectivity index (χ0v) is 27.0. The van der Waals surface area contributed by atoms with Crippen molar-refractivity contribution < 1.29 is 33.4 Å². The molecule has 0 saturated carbocycles. The van der Waals surface area contributed by atoms with Gasteiger partial charge in [0, 0.05) is 25.4 Å². The van der Waals surface area contributed by atoms with Crippen molar-refractivity contribution in [3.8, 4) is 46.0 Å². The molecule has 240 valence electrons. The molecule has 0 radical (unpaired) electrons. The van der Waals surface area contributed by atoms with Gasteiger partial charge in [-0.15, -0.1) is 0 Å². The Hall–Kier alpha value is -4.44. The van der Waals surface area contributed by atoms with Gasteiger partial charge >= 0.3 is 0 Å². The zero-order valence-electron chi connectivity index (χ0n) is 27.0. The summed E-state index contributed by atoms with van der Waals surface area (Å²) in [5.74, 6) is 3.29. The first kappa shape index (κ1) is 30.2. The van der Waals surface area contributed by atoms with Gasteiger partial charge in [-0.25, -0.2) is 0 Å². The van der Waals surface area contributed by atoms with E-state index in [1.54, 1.807) is 21.3 Å². The molecular formula is C37H40N2O7. The maximum atomic E-state index is 14.3. The smallest absolute Gasteiger partial charge is 0.201 e. The number of methoxy groups -OCH3 is 3. The molecule has 0 aliphatic carbocycles. The highest BCUT2D eigenvalue weighted by atomic mass is 16.5. The first-order valence-corrected chi connectivity index (χ1v) is 15.7. The number of aromatic hydroxyl groups is 1. The van der Waals surface area contributed by atoms with Crippen LogP contribution in [-0.4, -0.2) is 63.2 Å². The molecule has 46 heavy (non-hydrogen) atoms. The highest BCUT2D eigenvalue weighted by Crippen LogP contribution is 2.52. The maximum absolute atomic E-state index is 14.3. The summed E-state index contributed by atoms with van der Waals surface area (Å²) in [4.78, 5) is 2.36. The Labute approximate surface area is 269 Å². The Morgan fingerprint density at radius 1 is 0.804 bits per heavy atom. The fourth-order valence-corrected chi connectivity index (χ4v) is 7.23. The molecule has 3 atom stereocenters. The number of phenols is 1. The lowest BCUT2D eigenvalue weighted by Gasteiger charge is -2.49. The van der Waals surface area contributed by atoms with Crippen molar-refractivity contribution >= 4 is 0 Å². The Morgan fingerprint density at radius 3 is 2.24 bits per heavy atom. The van der Waals surface area contributed by atoms with Crippen molar-refractivity contribution in [2.24, 2.45) is 0 Å². The van der Waals surface area contributed by atoms with E-state index >= 15 is 0 Å². The number of nitrogens with zero attached hydrogens (tertiary/aromatic N) is 2. The predicted octanol–water partition coefficient (Wildman–Crippen LogP) is 6.87. The highest BCUT2D eigenvalue weighted by molar-refractivity contribution is 5.63. The molecule has 9 heteroatoms. The van der Waals surface area contributed by atoms with Gasteiger partial charge in [0.2, 0.25) is 5.75 Å². The average molecular weight is 625 g/mol. The minimum absolute atomic E-state index is 0.0848. The van der Waals surface area contributed by atoms with Crippen molar-refractivity contribution in [1.29, 1.82) is 0 Å². The first-order valence-electron chi connectivity index (χ1n) is 15.7. The van der Waals surface area contributed by atoms with Gasteiger partial charge in [0.15, 0.2) is 34.5 Å². The molecule has 1 N–H and O–H groups in total. The number of fused-ring (bicyclic) bond motifs is 2. The van der Waals surface area contributed by atoms with E-state index in [0.29, 0.717) is 59.4 Å². The second kappa shape index (κ2) is 11.7. The van der Waals surface area contributed by atoms with Crippen molar-refractivity contribution in [1.82, 2.24) is 4.90 Å². The monoisotopic (exact) mass is 624 g/mol. The van der Waals surface area contributed by atoms with E-state index in [2.05, 4.69) is 24.1 Å². The number of hydroxylamine groups is 3. The quantitative estimate of drug-likeness (QED) is 0.195. The van der Waals surface area contributed by atoms with Gasteiger partial charge in [-0.2, -0.15) is 0 Å². The molecule has 4 aliphatic rings. The van der Waals surface area contributed by atoms with E-state index in [0.717, 1.165) is 36.1 Å². The minimum Gasteiger partial charge on any atom is -0.633 e. The number of hydrogen-bond acceptors (Lipinski definition) is 8. The number of benzene rings is 4. The van der Waals surface area contributed by atoms with Gasteiger partial charge < -0.3 is 38.6 Å². The molecule has 6 bridgehead atoms. The molecule has 9 nitrogen and oxygen atoms in total. The number of phenolic OH excluding ortho intramolecular Hbond substituents is 1. The molecule has 8 rings (SSSR count). The van der Waals surface area contributed by atoms with Crippen LogP contribution >= 0.6 is 0 Å². The Kier molecular flexibility index (Phi) is 7.71. The first-order chi connectivity index (χ1) is 22.2. The zero-order chi connectivity index (χ0) is 32.2. The minimum atomic E-state index is -0.586. The van der Waals surface area contributed by atoms with Crippen LogP contribution in [0.15, 0.2) is 60.7 Å². The highest BCUT2D eigenvalue weighted by Gasteiger charge is 2.39. The Bertz CT molecular complexity index is 1790. The van der Waals surface area contributed by atoms with Crippen LogP contribution in [0.25, 0.3) is 0 Å². The number of hydrogen-bond donors (Lipinski definition) is 1. The maximum Gasteiger partial charge on any atom is 0.201 e. The molecule has 4 aromatic carbocycles. The average Bonchev–Trinajstić information content (AvgIpc) is 3.05. The Morgan fingerprint density at radius 2 is 1.50 bits per heavy atom. The van der Waals surface area contributed by atoms with E-state index in [-0.39, 0.29) is 17.5 Å². The number of likely N-dealkylation sites (N-methyl/N-ethyl adjacent to an activating group) is 2. The third-order valence-electron chi connectivity index (χ3n) is 9.88. The topological polar surface area (TPSA) is 92.7 Å². The van der Waals surface area contributed by atoms with Crippen molar-refractivity contribution in [2.75, 3.05) is 48.5 Å². The van der Waals surface area contributed by atoms with Crippen LogP contribution in [0.3, 0.4) is 0 Å². The molecule has 0 aromatic heterocycles. The lowest BCUT2D eigenvalue weighted by Crippen LogP contribution is -2.47. The molecular weight excluding hydrogens is 584 g/mol. The second-order valence-electron chi connectivity index (χ2n) is 12.7. The van der Waals surface area contributed by atoms with E-state index < -0.39 is 10.7 Å². The van der Waals surface area contributed by atoms with E-state index in [1.165, 1.54) is 18.2 Å². The number of quaternary nitrogens is 1. The lowest BCUT2D eigenvalue weighted by molar-refractivity contribution is -0.894. The van der Waals surface area contributed by atoms with Crippen LogP contribution in [0.4, 0.5) is 0 Å². The number of rotatable bonds is 3. The molecule has 0 fully saturated rings.